The van der Waals surface area contributed by atoms with E-state index in [4.69, 9.17) is 9.47 Å². The minimum atomic E-state index is 0.223. The average molecular weight is 267 g/mol. The van der Waals surface area contributed by atoms with Crippen LogP contribution in [0.3, 0.4) is 0 Å². The Morgan fingerprint density at radius 1 is 1.05 bits per heavy atom. The molecule has 2 aromatic rings. The standard InChI is InChI=1S/C17H17NO2/c1-2-4-15-13(3-1)10-19-11-16(15)18-14-5-6-17-12(9-14)7-8-20-17/h1-6,9,16,18H,7-8,10-11H2. The molecule has 0 spiro atoms. The Labute approximate surface area is 118 Å². The highest BCUT2D eigenvalue weighted by Gasteiger charge is 2.21. The molecule has 3 heteroatoms. The van der Waals surface area contributed by atoms with E-state index in [1.807, 2.05) is 0 Å². The molecule has 1 unspecified atom stereocenters. The third-order valence-electron chi connectivity index (χ3n) is 4.00. The summed E-state index contributed by atoms with van der Waals surface area (Å²) in [6.07, 6.45) is 1.00. The summed E-state index contributed by atoms with van der Waals surface area (Å²) >= 11 is 0. The summed E-state index contributed by atoms with van der Waals surface area (Å²) in [6, 6.07) is 15.0. The van der Waals surface area contributed by atoms with Gasteiger partial charge in [-0.1, -0.05) is 24.3 Å². The number of fused-ring (bicyclic) bond motifs is 2. The van der Waals surface area contributed by atoms with E-state index in [1.54, 1.807) is 0 Å². The zero-order chi connectivity index (χ0) is 13.4. The van der Waals surface area contributed by atoms with Crippen LogP contribution in [0.1, 0.15) is 22.7 Å². The van der Waals surface area contributed by atoms with Crippen LogP contribution in [0.2, 0.25) is 0 Å². The van der Waals surface area contributed by atoms with Crippen LogP contribution in [-0.2, 0) is 17.8 Å². The summed E-state index contributed by atoms with van der Waals surface area (Å²) in [5, 5.41) is 3.59. The second kappa shape index (κ2) is 4.84. The SMILES string of the molecule is c1ccc2c(c1)COCC2Nc1ccc2c(c1)CCO2. The van der Waals surface area contributed by atoms with Gasteiger partial charge in [-0.05, 0) is 34.9 Å². The highest BCUT2D eigenvalue weighted by Crippen LogP contribution is 2.31. The molecular weight excluding hydrogens is 250 g/mol. The third-order valence-corrected chi connectivity index (χ3v) is 4.00. The lowest BCUT2D eigenvalue weighted by atomic mass is 9.98. The second-order valence-corrected chi connectivity index (χ2v) is 5.33. The number of anilines is 1. The Hall–Kier alpha value is -2.00. The van der Waals surface area contributed by atoms with Crippen molar-refractivity contribution in [2.24, 2.45) is 0 Å². The van der Waals surface area contributed by atoms with Crippen molar-refractivity contribution >= 4 is 5.69 Å². The number of ether oxygens (including phenoxy) is 2. The Kier molecular flexibility index (Phi) is 2.85. The third kappa shape index (κ3) is 2.04. The van der Waals surface area contributed by atoms with Gasteiger partial charge in [0, 0.05) is 12.1 Å². The molecule has 0 saturated carbocycles. The number of rotatable bonds is 2. The van der Waals surface area contributed by atoms with Crippen molar-refractivity contribution in [1.82, 2.24) is 0 Å². The fourth-order valence-corrected chi connectivity index (χ4v) is 2.98. The highest BCUT2D eigenvalue weighted by molar-refractivity contribution is 5.54. The quantitative estimate of drug-likeness (QED) is 0.905. The largest absolute Gasteiger partial charge is 0.493 e. The van der Waals surface area contributed by atoms with Crippen LogP contribution < -0.4 is 10.1 Å². The van der Waals surface area contributed by atoms with E-state index in [0.717, 1.165) is 24.5 Å². The summed E-state index contributed by atoms with van der Waals surface area (Å²) < 4.78 is 11.2. The molecule has 20 heavy (non-hydrogen) atoms. The van der Waals surface area contributed by atoms with Gasteiger partial charge in [-0.25, -0.2) is 0 Å². The molecule has 2 heterocycles. The molecule has 0 aliphatic carbocycles. The van der Waals surface area contributed by atoms with E-state index in [1.165, 1.54) is 16.7 Å². The summed E-state index contributed by atoms with van der Waals surface area (Å²) in [6.45, 7) is 2.23. The molecule has 2 aliphatic heterocycles. The molecule has 1 atom stereocenters. The molecule has 2 aliphatic rings. The lowest BCUT2D eigenvalue weighted by molar-refractivity contribution is 0.0970. The number of nitrogens with one attached hydrogen (secondary N) is 1. The predicted molar refractivity (Wildman–Crippen MR) is 78.1 cm³/mol. The molecular formula is C17H17NO2. The van der Waals surface area contributed by atoms with Gasteiger partial charge in [-0.15, -0.1) is 0 Å². The molecule has 2 aromatic carbocycles. The number of benzene rings is 2. The van der Waals surface area contributed by atoms with Gasteiger partial charge in [0.1, 0.15) is 5.75 Å². The highest BCUT2D eigenvalue weighted by atomic mass is 16.5. The summed E-state index contributed by atoms with van der Waals surface area (Å²) in [5.41, 5.74) is 5.05. The predicted octanol–water partition coefficient (Wildman–Crippen LogP) is 3.30. The van der Waals surface area contributed by atoms with Crippen LogP contribution in [-0.4, -0.2) is 13.2 Å². The molecule has 1 N–H and O–H groups in total. The summed E-state index contributed by atoms with van der Waals surface area (Å²) in [7, 11) is 0. The molecule has 0 saturated heterocycles. The maximum Gasteiger partial charge on any atom is 0.122 e. The zero-order valence-corrected chi connectivity index (χ0v) is 11.3. The van der Waals surface area contributed by atoms with Crippen molar-refractivity contribution in [3.63, 3.8) is 0 Å². The minimum Gasteiger partial charge on any atom is -0.493 e. The van der Waals surface area contributed by atoms with Crippen molar-refractivity contribution in [2.75, 3.05) is 18.5 Å². The molecule has 102 valence electrons. The average Bonchev–Trinajstić information content (AvgIpc) is 2.95. The fraction of sp³-hybridized carbons (Fsp3) is 0.294. The number of hydrogen-bond donors (Lipinski definition) is 1. The normalized spacial score (nSPS) is 19.9. The van der Waals surface area contributed by atoms with Gasteiger partial charge in [0.25, 0.3) is 0 Å². The molecule has 0 aromatic heterocycles. The van der Waals surface area contributed by atoms with E-state index < -0.39 is 0 Å². The Morgan fingerprint density at radius 2 is 2.00 bits per heavy atom. The molecule has 0 radical (unpaired) electrons. The van der Waals surface area contributed by atoms with E-state index in [0.29, 0.717) is 13.2 Å². The first kappa shape index (κ1) is 11.8. The minimum absolute atomic E-state index is 0.223. The molecule has 0 fully saturated rings. The van der Waals surface area contributed by atoms with Crippen LogP contribution in [0, 0.1) is 0 Å². The molecule has 4 rings (SSSR count). The van der Waals surface area contributed by atoms with E-state index in [2.05, 4.69) is 47.8 Å². The van der Waals surface area contributed by atoms with Crippen LogP contribution in [0.4, 0.5) is 5.69 Å². The lowest BCUT2D eigenvalue weighted by Crippen LogP contribution is -2.23. The van der Waals surface area contributed by atoms with Crippen molar-refractivity contribution in [1.29, 1.82) is 0 Å². The van der Waals surface area contributed by atoms with E-state index in [9.17, 15) is 0 Å². The van der Waals surface area contributed by atoms with Crippen molar-refractivity contribution in [3.05, 3.63) is 59.2 Å². The molecule has 0 amide bonds. The van der Waals surface area contributed by atoms with Crippen LogP contribution in [0.5, 0.6) is 5.75 Å². The van der Waals surface area contributed by atoms with E-state index in [-0.39, 0.29) is 6.04 Å². The second-order valence-electron chi connectivity index (χ2n) is 5.33. The van der Waals surface area contributed by atoms with Gasteiger partial charge >= 0.3 is 0 Å². The van der Waals surface area contributed by atoms with Crippen molar-refractivity contribution in [2.45, 2.75) is 19.1 Å². The Morgan fingerprint density at radius 3 is 3.00 bits per heavy atom. The van der Waals surface area contributed by atoms with Gasteiger partial charge < -0.3 is 14.8 Å². The first-order chi connectivity index (χ1) is 9.90. The fourth-order valence-electron chi connectivity index (χ4n) is 2.98. The Bertz CT molecular complexity index is 639. The summed E-state index contributed by atoms with van der Waals surface area (Å²) in [5.74, 6) is 1.02. The van der Waals surface area contributed by atoms with Gasteiger partial charge in [-0.3, -0.25) is 0 Å². The van der Waals surface area contributed by atoms with Crippen LogP contribution in [0.15, 0.2) is 42.5 Å². The van der Waals surface area contributed by atoms with Crippen molar-refractivity contribution < 1.29 is 9.47 Å². The lowest BCUT2D eigenvalue weighted by Gasteiger charge is -2.27. The van der Waals surface area contributed by atoms with Gasteiger partial charge in [-0.2, -0.15) is 0 Å². The maximum atomic E-state index is 5.69. The first-order valence-electron chi connectivity index (χ1n) is 7.08. The van der Waals surface area contributed by atoms with Crippen LogP contribution >= 0.6 is 0 Å². The van der Waals surface area contributed by atoms with Gasteiger partial charge in [0.2, 0.25) is 0 Å². The maximum absolute atomic E-state index is 5.69. The topological polar surface area (TPSA) is 30.5 Å². The molecule has 0 bridgehead atoms. The first-order valence-corrected chi connectivity index (χ1v) is 7.08. The number of hydrogen-bond acceptors (Lipinski definition) is 3. The van der Waals surface area contributed by atoms with Crippen LogP contribution in [0.25, 0.3) is 0 Å². The van der Waals surface area contributed by atoms with E-state index >= 15 is 0 Å². The summed E-state index contributed by atoms with van der Waals surface area (Å²) in [4.78, 5) is 0. The smallest absolute Gasteiger partial charge is 0.122 e. The van der Waals surface area contributed by atoms with Gasteiger partial charge in [0.05, 0.1) is 25.9 Å². The van der Waals surface area contributed by atoms with Gasteiger partial charge in [0.15, 0.2) is 0 Å². The zero-order valence-electron chi connectivity index (χ0n) is 11.3. The monoisotopic (exact) mass is 267 g/mol. The van der Waals surface area contributed by atoms with Crippen molar-refractivity contribution in [3.8, 4) is 5.75 Å². The molecule has 3 nitrogen and oxygen atoms in total. The Balaban J connectivity index is 1.61.